The molecule has 17 heteroatoms. The van der Waals surface area contributed by atoms with Gasteiger partial charge in [-0.15, -0.1) is 0 Å². The van der Waals surface area contributed by atoms with E-state index in [0.29, 0.717) is 12.8 Å². The van der Waals surface area contributed by atoms with Crippen LogP contribution in [0.25, 0.3) is 0 Å². The van der Waals surface area contributed by atoms with Gasteiger partial charge >= 0.3 is 19.8 Å². The molecule has 1 saturated carbocycles. The number of hydrogen-bond acceptors (Lipinski definition) is 15. The number of aliphatic hydroxyl groups excluding tert-OH is 8. The third kappa shape index (κ3) is 26.9. The standard InChI is InChI=1S/C45H77O16P/c1-3-5-7-8-9-10-11-12-13-14-15-20-24-30-39(50)60-35(33-59-62(56,57)61-45-43(54)41(52)40(51)42(53)44(45)55)32-58-38(49)31-25-29-37(48)36(47)28-23-19-17-16-18-22-27-34(46)26-21-6-4-2/h10-11,16-19,22-23,27-28,34-37,40-48,51-55H,3-9,12-15,20-21,24-26,29-33H2,1-2H3,(H,56,57)/b11-10-,18-16-,19-17+,27-22+,28-23+/t34-,35-,36-,37-,40?,41-,42+,43-,44-,45?/m1/s1. The van der Waals surface area contributed by atoms with Gasteiger partial charge in [-0.3, -0.25) is 18.6 Å². The van der Waals surface area contributed by atoms with Gasteiger partial charge in [0.15, 0.2) is 6.10 Å². The Bertz CT molecular complexity index is 1370. The first-order valence-corrected chi connectivity index (χ1v) is 23.9. The molecule has 0 spiro atoms. The van der Waals surface area contributed by atoms with Crippen molar-refractivity contribution in [2.45, 2.75) is 197 Å². The molecule has 0 aromatic heterocycles. The van der Waals surface area contributed by atoms with Crippen molar-refractivity contribution in [2.75, 3.05) is 13.2 Å². The second kappa shape index (κ2) is 34.8. The number of phosphoric ester groups is 1. The third-order valence-corrected chi connectivity index (χ3v) is 11.2. The zero-order valence-corrected chi connectivity index (χ0v) is 37.6. The number of carbonyl (C=O) groups is 2. The maximum Gasteiger partial charge on any atom is 0.472 e. The predicted octanol–water partition coefficient (Wildman–Crippen LogP) is 5.08. The Kier molecular flexibility index (Phi) is 32.2. The van der Waals surface area contributed by atoms with Crippen LogP contribution in [-0.4, -0.2) is 132 Å². The maximum atomic E-state index is 12.8. The van der Waals surface area contributed by atoms with E-state index in [1.165, 1.54) is 31.8 Å². The molecule has 9 N–H and O–H groups in total. The van der Waals surface area contributed by atoms with E-state index in [1.807, 2.05) is 0 Å². The molecule has 0 aromatic carbocycles. The van der Waals surface area contributed by atoms with Crippen LogP contribution in [0.15, 0.2) is 60.8 Å². The molecule has 0 heterocycles. The highest BCUT2D eigenvalue weighted by Crippen LogP contribution is 2.47. The summed E-state index contributed by atoms with van der Waals surface area (Å²) in [5, 5.41) is 80.6. The lowest BCUT2D eigenvalue weighted by Crippen LogP contribution is -2.64. The zero-order valence-electron chi connectivity index (χ0n) is 36.7. The molecule has 0 saturated heterocycles. The Morgan fingerprint density at radius 2 is 1.11 bits per heavy atom. The Morgan fingerprint density at radius 1 is 0.597 bits per heavy atom. The molecule has 1 aliphatic carbocycles. The second-order valence-electron chi connectivity index (χ2n) is 15.8. The molecule has 1 aliphatic rings. The number of allylic oxidation sites excluding steroid dienone is 8. The van der Waals surface area contributed by atoms with Crippen LogP contribution in [0.1, 0.15) is 136 Å². The fraction of sp³-hybridized carbons (Fsp3) is 0.733. The molecule has 358 valence electrons. The Hall–Kier alpha value is -2.57. The van der Waals surface area contributed by atoms with E-state index < -0.39 is 94.0 Å². The van der Waals surface area contributed by atoms with Crippen LogP contribution in [-0.2, 0) is 32.7 Å². The predicted molar refractivity (Wildman–Crippen MR) is 234 cm³/mol. The van der Waals surface area contributed by atoms with Crippen molar-refractivity contribution >= 4 is 19.8 Å². The summed E-state index contributed by atoms with van der Waals surface area (Å²) < 4.78 is 33.2. The topological polar surface area (TPSA) is 270 Å². The van der Waals surface area contributed by atoms with Crippen LogP contribution in [0.5, 0.6) is 0 Å². The molecule has 62 heavy (non-hydrogen) atoms. The van der Waals surface area contributed by atoms with Crippen molar-refractivity contribution in [1.29, 1.82) is 0 Å². The first kappa shape index (κ1) is 57.4. The average Bonchev–Trinajstić information content (AvgIpc) is 3.24. The van der Waals surface area contributed by atoms with Crippen LogP contribution in [0.2, 0.25) is 0 Å². The van der Waals surface area contributed by atoms with Gasteiger partial charge in [-0.2, -0.15) is 0 Å². The third-order valence-electron chi connectivity index (χ3n) is 10.2. The van der Waals surface area contributed by atoms with Gasteiger partial charge < -0.3 is 55.2 Å². The zero-order chi connectivity index (χ0) is 46.2. The fourth-order valence-corrected chi connectivity index (χ4v) is 7.34. The van der Waals surface area contributed by atoms with E-state index in [9.17, 15) is 59.9 Å². The molecule has 0 radical (unpaired) electrons. The number of aliphatic hydroxyl groups is 8. The molecule has 1 fully saturated rings. The number of rotatable bonds is 35. The Morgan fingerprint density at radius 3 is 1.74 bits per heavy atom. The molecule has 3 unspecified atom stereocenters. The molecule has 1 rings (SSSR count). The monoisotopic (exact) mass is 904 g/mol. The van der Waals surface area contributed by atoms with E-state index in [2.05, 4.69) is 26.0 Å². The summed E-state index contributed by atoms with van der Waals surface area (Å²) in [6.45, 7) is 2.85. The molecule has 0 aromatic rings. The van der Waals surface area contributed by atoms with Gasteiger partial charge in [-0.1, -0.05) is 132 Å². The first-order chi connectivity index (χ1) is 29.6. The number of esters is 2. The minimum atomic E-state index is -5.20. The van der Waals surface area contributed by atoms with Crippen LogP contribution in [0, 0.1) is 0 Å². The molecule has 11 atom stereocenters. The van der Waals surface area contributed by atoms with Crippen LogP contribution < -0.4 is 0 Å². The SMILES string of the molecule is CCCCCC/C=C\CCCCCCCC(=O)O[C@H](COC(=O)CCC[C@@H](O)[C@H](O)/C=C/C=C/C=C\C=C\[C@H](O)CCCCC)COP(=O)(O)OC1[C@H](O)[C@H](O)C(O)[C@H](O)[C@H]1O. The molecule has 0 bridgehead atoms. The summed E-state index contributed by atoms with van der Waals surface area (Å²) in [4.78, 5) is 35.7. The smallest absolute Gasteiger partial charge is 0.462 e. The van der Waals surface area contributed by atoms with Gasteiger partial charge in [0.05, 0.1) is 24.9 Å². The highest BCUT2D eigenvalue weighted by atomic mass is 31.2. The van der Waals surface area contributed by atoms with Crippen LogP contribution >= 0.6 is 7.82 Å². The van der Waals surface area contributed by atoms with E-state index in [1.54, 1.807) is 42.5 Å². The molecular weight excluding hydrogens is 827 g/mol. The largest absolute Gasteiger partial charge is 0.472 e. The fourth-order valence-electron chi connectivity index (χ4n) is 6.37. The number of phosphoric acid groups is 1. The quantitative estimate of drug-likeness (QED) is 0.0132. The number of ether oxygens (including phenoxy) is 2. The minimum absolute atomic E-state index is 0.0106. The van der Waals surface area contributed by atoms with Crippen molar-refractivity contribution < 1.29 is 78.4 Å². The van der Waals surface area contributed by atoms with Crippen LogP contribution in [0.3, 0.4) is 0 Å². The molecule has 0 aliphatic heterocycles. The van der Waals surface area contributed by atoms with Crippen molar-refractivity contribution in [3.05, 3.63) is 60.8 Å². The van der Waals surface area contributed by atoms with Crippen molar-refractivity contribution in [3.8, 4) is 0 Å². The number of carbonyl (C=O) groups excluding carboxylic acids is 2. The normalized spacial score (nSPS) is 24.0. The van der Waals surface area contributed by atoms with Crippen molar-refractivity contribution in [1.82, 2.24) is 0 Å². The van der Waals surface area contributed by atoms with E-state index in [4.69, 9.17) is 18.5 Å². The summed E-state index contributed by atoms with van der Waals surface area (Å²) in [5.74, 6) is -1.45. The van der Waals surface area contributed by atoms with Gasteiger partial charge in [0.25, 0.3) is 0 Å². The van der Waals surface area contributed by atoms with Gasteiger partial charge in [0.1, 0.15) is 43.2 Å². The lowest BCUT2D eigenvalue weighted by Gasteiger charge is -2.41. The summed E-state index contributed by atoms with van der Waals surface area (Å²) in [5.41, 5.74) is 0. The lowest BCUT2D eigenvalue weighted by molar-refractivity contribution is -0.220. The van der Waals surface area contributed by atoms with E-state index >= 15 is 0 Å². The molecular formula is C45H77O16P. The van der Waals surface area contributed by atoms with Crippen molar-refractivity contribution in [2.24, 2.45) is 0 Å². The number of hydrogen-bond donors (Lipinski definition) is 9. The van der Waals surface area contributed by atoms with Gasteiger partial charge in [-0.05, 0) is 51.4 Å². The Labute approximate surface area is 368 Å². The summed E-state index contributed by atoms with van der Waals surface area (Å²) >= 11 is 0. The summed E-state index contributed by atoms with van der Waals surface area (Å²) in [6, 6.07) is 0. The van der Waals surface area contributed by atoms with E-state index in [0.717, 1.165) is 57.8 Å². The first-order valence-electron chi connectivity index (χ1n) is 22.4. The summed E-state index contributed by atoms with van der Waals surface area (Å²) in [7, 11) is -5.20. The lowest BCUT2D eigenvalue weighted by atomic mass is 9.85. The van der Waals surface area contributed by atoms with Gasteiger partial charge in [0.2, 0.25) is 0 Å². The highest BCUT2D eigenvalue weighted by Gasteiger charge is 2.51. The second-order valence-corrected chi connectivity index (χ2v) is 17.2. The van der Waals surface area contributed by atoms with Crippen molar-refractivity contribution in [3.63, 3.8) is 0 Å². The minimum Gasteiger partial charge on any atom is -0.462 e. The molecule has 16 nitrogen and oxygen atoms in total. The summed E-state index contributed by atoms with van der Waals surface area (Å²) in [6.07, 6.45) is 16.3. The van der Waals surface area contributed by atoms with Gasteiger partial charge in [-0.25, -0.2) is 4.57 Å². The van der Waals surface area contributed by atoms with Gasteiger partial charge in [0, 0.05) is 12.8 Å². The Balaban J connectivity index is 2.64. The molecule has 0 amide bonds. The number of unbranched alkanes of at least 4 members (excludes halogenated alkanes) is 11. The van der Waals surface area contributed by atoms with E-state index in [-0.39, 0.29) is 25.7 Å². The average molecular weight is 905 g/mol. The maximum absolute atomic E-state index is 12.8. The van der Waals surface area contributed by atoms with Crippen LogP contribution in [0.4, 0.5) is 0 Å². The highest BCUT2D eigenvalue weighted by molar-refractivity contribution is 7.47.